The van der Waals surface area contributed by atoms with Crippen molar-refractivity contribution in [3.63, 3.8) is 0 Å². The molecule has 0 amide bonds. The molecule has 2 aliphatic rings. The van der Waals surface area contributed by atoms with Crippen LogP contribution >= 0.6 is 0 Å². The van der Waals surface area contributed by atoms with Crippen molar-refractivity contribution in [2.24, 2.45) is 11.3 Å². The highest BCUT2D eigenvalue weighted by Gasteiger charge is 2.69. The maximum Gasteiger partial charge on any atom is 0.320 e. The highest BCUT2D eigenvalue weighted by Crippen LogP contribution is 2.58. The summed E-state index contributed by atoms with van der Waals surface area (Å²) < 4.78 is 4.83. The van der Waals surface area contributed by atoms with Crippen molar-refractivity contribution >= 4 is 11.8 Å². The van der Waals surface area contributed by atoms with Gasteiger partial charge < -0.3 is 4.74 Å². The average Bonchev–Trinajstić information content (AvgIpc) is 2.69. The van der Waals surface area contributed by atoms with Crippen LogP contribution in [0, 0.1) is 11.3 Å². The number of fused-ring (bicyclic) bond motifs is 1. The standard InChI is InChI=1S/C9H12O3/c1-2-3-7(10)9-4-6(9)5-12-8(9)11/h6H,2-5H2,1H3. The average molecular weight is 168 g/mol. The number of carbonyl (C=O) groups excluding carboxylic acids is 2. The van der Waals surface area contributed by atoms with Gasteiger partial charge in [0.15, 0.2) is 5.78 Å². The van der Waals surface area contributed by atoms with Crippen LogP contribution in [-0.2, 0) is 14.3 Å². The van der Waals surface area contributed by atoms with Gasteiger partial charge in [0.2, 0.25) is 0 Å². The minimum absolute atomic E-state index is 0.0949. The number of rotatable bonds is 3. The molecule has 12 heavy (non-hydrogen) atoms. The van der Waals surface area contributed by atoms with E-state index in [1.165, 1.54) is 0 Å². The van der Waals surface area contributed by atoms with Crippen LogP contribution in [0.1, 0.15) is 26.2 Å². The Kier molecular flexibility index (Phi) is 1.50. The lowest BCUT2D eigenvalue weighted by Gasteiger charge is -2.05. The van der Waals surface area contributed by atoms with Crippen LogP contribution in [0.4, 0.5) is 0 Å². The highest BCUT2D eigenvalue weighted by atomic mass is 16.5. The molecule has 0 aromatic rings. The second-order valence-electron chi connectivity index (χ2n) is 3.64. The summed E-state index contributed by atoms with van der Waals surface area (Å²) >= 11 is 0. The van der Waals surface area contributed by atoms with Crippen molar-refractivity contribution in [3.8, 4) is 0 Å². The van der Waals surface area contributed by atoms with Crippen molar-refractivity contribution in [2.45, 2.75) is 26.2 Å². The molecule has 1 saturated heterocycles. The van der Waals surface area contributed by atoms with Gasteiger partial charge in [-0.3, -0.25) is 9.59 Å². The Labute approximate surface area is 71.1 Å². The van der Waals surface area contributed by atoms with Crippen LogP contribution in [-0.4, -0.2) is 18.4 Å². The Balaban J connectivity index is 2.13. The third-order valence-corrected chi connectivity index (χ3v) is 2.86. The zero-order valence-corrected chi connectivity index (χ0v) is 7.13. The second-order valence-corrected chi connectivity index (χ2v) is 3.64. The van der Waals surface area contributed by atoms with Gasteiger partial charge in [0.05, 0.1) is 6.61 Å². The topological polar surface area (TPSA) is 43.4 Å². The second kappa shape index (κ2) is 2.31. The van der Waals surface area contributed by atoms with Gasteiger partial charge in [-0.2, -0.15) is 0 Å². The summed E-state index contributed by atoms with van der Waals surface area (Å²) in [6.45, 7) is 2.42. The van der Waals surface area contributed by atoms with Crippen molar-refractivity contribution in [1.82, 2.24) is 0 Å². The van der Waals surface area contributed by atoms with Gasteiger partial charge in [-0.05, 0) is 12.8 Å². The number of ketones is 1. The van der Waals surface area contributed by atoms with Crippen LogP contribution in [0.5, 0.6) is 0 Å². The van der Waals surface area contributed by atoms with E-state index in [2.05, 4.69) is 0 Å². The molecular formula is C9H12O3. The van der Waals surface area contributed by atoms with Crippen LogP contribution in [0.25, 0.3) is 0 Å². The molecule has 2 atom stereocenters. The van der Waals surface area contributed by atoms with E-state index >= 15 is 0 Å². The number of Topliss-reactive ketones (excluding diaryl/α,β-unsaturated/α-hetero) is 1. The number of cyclic esters (lactones) is 1. The van der Waals surface area contributed by atoms with Crippen LogP contribution < -0.4 is 0 Å². The van der Waals surface area contributed by atoms with Gasteiger partial charge in [0, 0.05) is 12.3 Å². The Bertz CT molecular complexity index is 246. The van der Waals surface area contributed by atoms with E-state index in [1.54, 1.807) is 0 Å². The predicted molar refractivity (Wildman–Crippen MR) is 41.4 cm³/mol. The molecule has 66 valence electrons. The van der Waals surface area contributed by atoms with Crippen LogP contribution in [0.15, 0.2) is 0 Å². The summed E-state index contributed by atoms with van der Waals surface area (Å²) in [5, 5.41) is 0. The fourth-order valence-electron chi connectivity index (χ4n) is 1.99. The molecule has 1 aliphatic carbocycles. The molecule has 3 heteroatoms. The monoisotopic (exact) mass is 168 g/mol. The van der Waals surface area contributed by atoms with Crippen molar-refractivity contribution in [2.75, 3.05) is 6.61 Å². The number of ether oxygens (including phenoxy) is 1. The van der Waals surface area contributed by atoms with E-state index in [9.17, 15) is 9.59 Å². The molecule has 3 nitrogen and oxygen atoms in total. The highest BCUT2D eigenvalue weighted by molar-refractivity contribution is 6.08. The van der Waals surface area contributed by atoms with Gasteiger partial charge in [0.25, 0.3) is 0 Å². The largest absolute Gasteiger partial charge is 0.465 e. The van der Waals surface area contributed by atoms with E-state index in [4.69, 9.17) is 4.74 Å². The van der Waals surface area contributed by atoms with Gasteiger partial charge in [-0.25, -0.2) is 0 Å². The van der Waals surface area contributed by atoms with E-state index in [-0.39, 0.29) is 17.7 Å². The molecule has 1 saturated carbocycles. The minimum Gasteiger partial charge on any atom is -0.465 e. The van der Waals surface area contributed by atoms with Gasteiger partial charge in [0.1, 0.15) is 5.41 Å². The zero-order valence-electron chi connectivity index (χ0n) is 7.13. The first-order valence-electron chi connectivity index (χ1n) is 4.42. The smallest absolute Gasteiger partial charge is 0.320 e. The molecule has 0 radical (unpaired) electrons. The molecule has 0 aromatic carbocycles. The third kappa shape index (κ3) is 0.765. The zero-order chi connectivity index (χ0) is 8.77. The molecule has 0 bridgehead atoms. The fourth-order valence-corrected chi connectivity index (χ4v) is 1.99. The molecule has 2 unspecified atom stereocenters. The van der Waals surface area contributed by atoms with Gasteiger partial charge >= 0.3 is 5.97 Å². The minimum atomic E-state index is -0.671. The Hall–Kier alpha value is -0.860. The predicted octanol–water partition coefficient (Wildman–Crippen LogP) is 0.919. The molecule has 1 heterocycles. The first-order chi connectivity index (χ1) is 5.71. The summed E-state index contributed by atoms with van der Waals surface area (Å²) in [5.41, 5.74) is -0.671. The fraction of sp³-hybridized carbons (Fsp3) is 0.778. The van der Waals surface area contributed by atoms with E-state index < -0.39 is 5.41 Å². The summed E-state index contributed by atoms with van der Waals surface area (Å²) in [7, 11) is 0. The molecule has 2 rings (SSSR count). The number of carbonyl (C=O) groups is 2. The number of hydrogen-bond acceptors (Lipinski definition) is 3. The third-order valence-electron chi connectivity index (χ3n) is 2.86. The maximum atomic E-state index is 11.5. The first kappa shape index (κ1) is 7.77. The maximum absolute atomic E-state index is 11.5. The normalized spacial score (nSPS) is 37.4. The number of esters is 1. The Morgan fingerprint density at radius 1 is 1.75 bits per heavy atom. The van der Waals surface area contributed by atoms with Crippen molar-refractivity contribution in [1.29, 1.82) is 0 Å². The molecule has 1 aliphatic heterocycles. The van der Waals surface area contributed by atoms with E-state index in [0.717, 1.165) is 12.8 Å². The molecule has 0 N–H and O–H groups in total. The summed E-state index contributed by atoms with van der Waals surface area (Å²) in [4.78, 5) is 22.7. The van der Waals surface area contributed by atoms with E-state index in [0.29, 0.717) is 13.0 Å². The summed E-state index contributed by atoms with van der Waals surface area (Å²) in [5.74, 6) is 0.0347. The molecule has 0 spiro atoms. The molecule has 0 aromatic heterocycles. The lowest BCUT2D eigenvalue weighted by Crippen LogP contribution is -2.24. The number of hydrogen-bond donors (Lipinski definition) is 0. The quantitative estimate of drug-likeness (QED) is 0.465. The lowest BCUT2D eigenvalue weighted by molar-refractivity contribution is -0.148. The van der Waals surface area contributed by atoms with Crippen LogP contribution in [0.3, 0.4) is 0 Å². The van der Waals surface area contributed by atoms with Gasteiger partial charge in [-0.1, -0.05) is 6.92 Å². The van der Waals surface area contributed by atoms with E-state index in [1.807, 2.05) is 6.92 Å². The van der Waals surface area contributed by atoms with Crippen LogP contribution in [0.2, 0.25) is 0 Å². The lowest BCUT2D eigenvalue weighted by atomic mass is 9.96. The summed E-state index contributed by atoms with van der Waals surface area (Å²) in [6, 6.07) is 0. The van der Waals surface area contributed by atoms with Gasteiger partial charge in [-0.15, -0.1) is 0 Å². The molecular weight excluding hydrogens is 156 g/mol. The Morgan fingerprint density at radius 3 is 2.92 bits per heavy atom. The summed E-state index contributed by atoms with van der Waals surface area (Å²) in [6.07, 6.45) is 2.08. The Morgan fingerprint density at radius 2 is 2.50 bits per heavy atom. The van der Waals surface area contributed by atoms with Crippen molar-refractivity contribution < 1.29 is 14.3 Å². The SMILES string of the molecule is CCCC(=O)C12CC1COC2=O. The first-order valence-corrected chi connectivity index (χ1v) is 4.42. The van der Waals surface area contributed by atoms with Crippen molar-refractivity contribution in [3.05, 3.63) is 0 Å². The molecule has 2 fully saturated rings.